The van der Waals surface area contributed by atoms with E-state index in [1.807, 2.05) is 61.7 Å². The Morgan fingerprint density at radius 3 is 2.75 bits per heavy atom. The topological polar surface area (TPSA) is 64.1 Å². The van der Waals surface area contributed by atoms with E-state index < -0.39 is 0 Å². The average molecular weight is 435 g/mol. The van der Waals surface area contributed by atoms with Crippen molar-refractivity contribution in [2.45, 2.75) is 32.5 Å². The van der Waals surface area contributed by atoms with Gasteiger partial charge in [0.25, 0.3) is 0 Å². The van der Waals surface area contributed by atoms with Crippen molar-refractivity contribution < 1.29 is 19.3 Å². The number of nitrogens with zero attached hydrogens (tertiary/aromatic N) is 2. The van der Waals surface area contributed by atoms with Crippen LogP contribution in [0.1, 0.15) is 23.1 Å². The molecule has 32 heavy (non-hydrogen) atoms. The Hall–Kier alpha value is -3.09. The van der Waals surface area contributed by atoms with Crippen molar-refractivity contribution in [2.75, 3.05) is 31.7 Å². The van der Waals surface area contributed by atoms with E-state index >= 15 is 0 Å². The highest BCUT2D eigenvalue weighted by Gasteiger charge is 2.26. The molecule has 1 aromatic heterocycles. The number of methoxy groups -OCH3 is 1. The fourth-order valence-corrected chi connectivity index (χ4v) is 4.00. The van der Waals surface area contributed by atoms with Gasteiger partial charge in [-0.25, -0.2) is 4.98 Å². The van der Waals surface area contributed by atoms with E-state index in [-0.39, 0.29) is 12.7 Å². The number of aliphatic hydroxyl groups excluding tert-OH is 1. The predicted octanol–water partition coefficient (Wildman–Crippen LogP) is 4.52. The molecule has 0 spiro atoms. The molecule has 4 rings (SSSR count). The maximum absolute atomic E-state index is 9.64. The van der Waals surface area contributed by atoms with Crippen molar-refractivity contribution >= 4 is 5.69 Å². The summed E-state index contributed by atoms with van der Waals surface area (Å²) in [6, 6.07) is 17.9. The van der Waals surface area contributed by atoms with Crippen LogP contribution in [-0.4, -0.2) is 43.0 Å². The van der Waals surface area contributed by atoms with Gasteiger partial charge in [-0.05, 0) is 48.7 Å². The van der Waals surface area contributed by atoms with Crippen LogP contribution < -0.4 is 14.4 Å². The zero-order chi connectivity index (χ0) is 22.3. The SMILES string of the molecule is COCc1ccccc1Oc1ccc(N2CC[C@H](Oc3ccc(C)cn3)C2)c(CCO)c1. The second kappa shape index (κ2) is 10.5. The van der Waals surface area contributed by atoms with Gasteiger partial charge in [0.1, 0.15) is 17.6 Å². The Morgan fingerprint density at radius 1 is 1.09 bits per heavy atom. The minimum Gasteiger partial charge on any atom is -0.472 e. The summed E-state index contributed by atoms with van der Waals surface area (Å²) < 4.78 is 17.5. The number of aromatic nitrogens is 1. The van der Waals surface area contributed by atoms with Crippen molar-refractivity contribution in [2.24, 2.45) is 0 Å². The van der Waals surface area contributed by atoms with Crippen LogP contribution in [0.25, 0.3) is 0 Å². The molecule has 0 radical (unpaired) electrons. The molecule has 1 N–H and O–H groups in total. The first kappa shape index (κ1) is 22.1. The fraction of sp³-hybridized carbons (Fsp3) is 0.346. The molecule has 1 saturated heterocycles. The molecule has 0 amide bonds. The van der Waals surface area contributed by atoms with Gasteiger partial charge in [0.05, 0.1) is 13.2 Å². The Labute approximate surface area is 189 Å². The third kappa shape index (κ3) is 5.39. The fourth-order valence-electron chi connectivity index (χ4n) is 4.00. The van der Waals surface area contributed by atoms with Gasteiger partial charge >= 0.3 is 0 Å². The Bertz CT molecular complexity index is 1020. The minimum atomic E-state index is 0.0811. The van der Waals surface area contributed by atoms with Gasteiger partial charge in [-0.3, -0.25) is 0 Å². The summed E-state index contributed by atoms with van der Waals surface area (Å²) >= 11 is 0. The summed E-state index contributed by atoms with van der Waals surface area (Å²) in [7, 11) is 1.67. The third-order valence-corrected chi connectivity index (χ3v) is 5.59. The smallest absolute Gasteiger partial charge is 0.213 e. The van der Waals surface area contributed by atoms with E-state index in [1.54, 1.807) is 7.11 Å². The maximum Gasteiger partial charge on any atom is 0.213 e. The third-order valence-electron chi connectivity index (χ3n) is 5.59. The van der Waals surface area contributed by atoms with E-state index in [4.69, 9.17) is 14.2 Å². The molecule has 1 aliphatic rings. The van der Waals surface area contributed by atoms with E-state index in [0.717, 1.165) is 53.4 Å². The summed E-state index contributed by atoms with van der Waals surface area (Å²) in [6.07, 6.45) is 3.40. The lowest BCUT2D eigenvalue weighted by Gasteiger charge is -2.23. The van der Waals surface area contributed by atoms with Crippen molar-refractivity contribution in [3.8, 4) is 17.4 Å². The standard InChI is InChI=1S/C26H30N2O4/c1-19-7-10-26(27-16-19)32-23-11-13-28(17-23)24-9-8-22(15-20(24)12-14-29)31-25-6-4-3-5-21(25)18-30-2/h3-10,15-16,23,29H,11-14,17-18H2,1-2H3/t23-/m0/s1. The van der Waals surface area contributed by atoms with Crippen molar-refractivity contribution in [1.29, 1.82) is 0 Å². The lowest BCUT2D eigenvalue weighted by atomic mass is 10.1. The zero-order valence-corrected chi connectivity index (χ0v) is 18.7. The molecule has 0 aliphatic carbocycles. The van der Waals surface area contributed by atoms with Gasteiger partial charge in [0, 0.05) is 50.2 Å². The molecule has 6 heteroatoms. The van der Waals surface area contributed by atoms with Gasteiger partial charge in [0.15, 0.2) is 0 Å². The number of ether oxygens (including phenoxy) is 3. The average Bonchev–Trinajstić information content (AvgIpc) is 3.25. The molecule has 1 aliphatic heterocycles. The number of hydrogen-bond acceptors (Lipinski definition) is 6. The number of pyridine rings is 1. The highest BCUT2D eigenvalue weighted by Crippen LogP contribution is 2.33. The molecule has 0 bridgehead atoms. The number of hydrogen-bond donors (Lipinski definition) is 1. The van der Waals surface area contributed by atoms with Crippen LogP contribution in [0.5, 0.6) is 17.4 Å². The number of anilines is 1. The number of aryl methyl sites for hydroxylation is 1. The molecule has 6 nitrogen and oxygen atoms in total. The monoisotopic (exact) mass is 434 g/mol. The normalized spacial score (nSPS) is 15.7. The minimum absolute atomic E-state index is 0.0811. The summed E-state index contributed by atoms with van der Waals surface area (Å²) in [5.74, 6) is 2.19. The first-order valence-corrected chi connectivity index (χ1v) is 11.0. The molecule has 1 atom stereocenters. The lowest BCUT2D eigenvalue weighted by molar-refractivity contribution is 0.182. The predicted molar refractivity (Wildman–Crippen MR) is 125 cm³/mol. The van der Waals surface area contributed by atoms with Crippen LogP contribution in [-0.2, 0) is 17.8 Å². The van der Waals surface area contributed by atoms with Gasteiger partial charge in [-0.1, -0.05) is 24.3 Å². The van der Waals surface area contributed by atoms with Crippen LogP contribution in [0.2, 0.25) is 0 Å². The Morgan fingerprint density at radius 2 is 1.97 bits per heavy atom. The first-order valence-electron chi connectivity index (χ1n) is 11.0. The van der Waals surface area contributed by atoms with Crippen molar-refractivity contribution in [3.05, 3.63) is 77.5 Å². The van der Waals surface area contributed by atoms with Crippen molar-refractivity contribution in [1.82, 2.24) is 4.98 Å². The molecule has 2 aromatic carbocycles. The molecule has 168 valence electrons. The van der Waals surface area contributed by atoms with Gasteiger partial charge in [0.2, 0.25) is 5.88 Å². The largest absolute Gasteiger partial charge is 0.472 e. The van der Waals surface area contributed by atoms with E-state index in [0.29, 0.717) is 18.9 Å². The van der Waals surface area contributed by atoms with Crippen LogP contribution in [0.3, 0.4) is 0 Å². The van der Waals surface area contributed by atoms with Gasteiger partial charge in [-0.15, -0.1) is 0 Å². The molecular weight excluding hydrogens is 404 g/mol. The molecule has 3 aromatic rings. The van der Waals surface area contributed by atoms with E-state index in [1.165, 1.54) is 0 Å². The van der Waals surface area contributed by atoms with E-state index in [9.17, 15) is 5.11 Å². The zero-order valence-electron chi connectivity index (χ0n) is 18.7. The summed E-state index contributed by atoms with van der Waals surface area (Å²) in [5.41, 5.74) is 4.28. The van der Waals surface area contributed by atoms with Gasteiger partial charge in [-0.2, -0.15) is 0 Å². The van der Waals surface area contributed by atoms with Crippen LogP contribution in [0.4, 0.5) is 5.69 Å². The number of rotatable bonds is 9. The number of benzene rings is 2. The molecule has 1 fully saturated rings. The van der Waals surface area contributed by atoms with E-state index in [2.05, 4.69) is 16.0 Å². The highest BCUT2D eigenvalue weighted by molar-refractivity contribution is 5.58. The summed E-state index contributed by atoms with van der Waals surface area (Å²) in [4.78, 5) is 6.67. The van der Waals surface area contributed by atoms with Crippen LogP contribution in [0.15, 0.2) is 60.8 Å². The second-order valence-electron chi connectivity index (χ2n) is 8.06. The Kier molecular flexibility index (Phi) is 7.24. The highest BCUT2D eigenvalue weighted by atomic mass is 16.5. The number of para-hydroxylation sites is 1. The lowest BCUT2D eigenvalue weighted by Crippen LogP contribution is -2.25. The molecule has 2 heterocycles. The molecular formula is C26H30N2O4. The Balaban J connectivity index is 1.48. The van der Waals surface area contributed by atoms with Gasteiger partial charge < -0.3 is 24.2 Å². The van der Waals surface area contributed by atoms with Crippen molar-refractivity contribution in [3.63, 3.8) is 0 Å². The maximum atomic E-state index is 9.64. The second-order valence-corrected chi connectivity index (χ2v) is 8.06. The molecule has 0 saturated carbocycles. The summed E-state index contributed by atoms with van der Waals surface area (Å²) in [5, 5.41) is 9.64. The van der Waals surface area contributed by atoms with Crippen LogP contribution >= 0.6 is 0 Å². The number of aliphatic hydroxyl groups is 1. The van der Waals surface area contributed by atoms with Crippen LogP contribution in [0, 0.1) is 6.92 Å². The molecule has 0 unspecified atom stereocenters. The quantitative estimate of drug-likeness (QED) is 0.534. The first-order chi connectivity index (χ1) is 15.7. The summed E-state index contributed by atoms with van der Waals surface area (Å²) in [6.45, 7) is 4.26.